The molecule has 119 valence electrons. The predicted molar refractivity (Wildman–Crippen MR) is 93.2 cm³/mol. The Balaban J connectivity index is 0. The van der Waals surface area contributed by atoms with E-state index >= 15 is 0 Å². The molecule has 0 spiro atoms. The molecule has 2 aromatic rings. The number of hydrogen-bond donors (Lipinski definition) is 1. The van der Waals surface area contributed by atoms with E-state index < -0.39 is 0 Å². The molecule has 2 aromatic carbocycles. The molecule has 7 heteroatoms. The molecule has 0 aliphatic heterocycles. The number of hydrazine groups is 1. The number of para-hydroxylation sites is 2. The summed E-state index contributed by atoms with van der Waals surface area (Å²) in [6.45, 7) is 4.00. The van der Waals surface area contributed by atoms with Gasteiger partial charge in [-0.1, -0.05) is 36.4 Å². The van der Waals surface area contributed by atoms with Crippen LogP contribution in [0.25, 0.3) is 0 Å². The molecule has 22 heavy (non-hydrogen) atoms. The van der Waals surface area contributed by atoms with Gasteiger partial charge in [-0.15, -0.1) is 0 Å². The molecule has 0 atom stereocenters. The maximum Gasteiger partial charge on any atom is 0.106 e. The molecule has 0 fully saturated rings. The smallest absolute Gasteiger partial charge is 0.106 e. The van der Waals surface area contributed by atoms with Gasteiger partial charge in [-0.2, -0.15) is 0 Å². The fourth-order valence-electron chi connectivity index (χ4n) is 1.43. The zero-order valence-electron chi connectivity index (χ0n) is 11.6. The van der Waals surface area contributed by atoms with E-state index in [1.807, 2.05) is 74.2 Å². The van der Waals surface area contributed by atoms with Crippen molar-refractivity contribution in [2.45, 2.75) is 0 Å². The zero-order valence-corrected chi connectivity index (χ0v) is 14.9. The number of nitrogens with zero attached hydrogens (tertiary/aromatic N) is 1. The molecule has 2 rings (SSSR count). The Morgan fingerprint density at radius 2 is 1.32 bits per heavy atom. The van der Waals surface area contributed by atoms with Crippen LogP contribution in [0.5, 0.6) is 0 Å². The second kappa shape index (κ2) is 14.3. The molecule has 0 aromatic heterocycles. The summed E-state index contributed by atoms with van der Waals surface area (Å²) in [7, 11) is 0. The molecule has 0 aliphatic carbocycles. The van der Waals surface area contributed by atoms with E-state index in [4.69, 9.17) is 34.4 Å². The summed E-state index contributed by atoms with van der Waals surface area (Å²) in [5.74, 6) is 0. The molecule has 0 amide bonds. The van der Waals surface area contributed by atoms with Crippen LogP contribution in [0.1, 0.15) is 0 Å². The van der Waals surface area contributed by atoms with E-state index in [9.17, 15) is 0 Å². The number of hydrogen-bond acceptors (Lipinski definition) is 5. The van der Waals surface area contributed by atoms with Crippen LogP contribution in [0, 0.1) is 0 Å². The Kier molecular flexibility index (Phi) is 14.6. The Morgan fingerprint density at radius 1 is 0.909 bits per heavy atom. The second-order valence-corrected chi connectivity index (χ2v) is 4.45. The van der Waals surface area contributed by atoms with Gasteiger partial charge in [0.2, 0.25) is 0 Å². The molecule has 0 bridgehead atoms. The van der Waals surface area contributed by atoms with Crippen molar-refractivity contribution < 1.29 is 29.1 Å². The quantitative estimate of drug-likeness (QED) is 0.355. The van der Waals surface area contributed by atoms with Crippen molar-refractivity contribution in [3.63, 3.8) is 0 Å². The first-order valence-corrected chi connectivity index (χ1v) is 6.54. The molecule has 0 heterocycles. The summed E-state index contributed by atoms with van der Waals surface area (Å²) in [6.07, 6.45) is 0. The summed E-state index contributed by atoms with van der Waals surface area (Å²) in [5, 5.41) is 1.71. The first-order valence-electron chi connectivity index (χ1n) is 5.73. The third-order valence-electron chi connectivity index (χ3n) is 2.21. The van der Waals surface area contributed by atoms with Crippen molar-refractivity contribution in [3.8, 4) is 0 Å². The second-order valence-electron chi connectivity index (χ2n) is 3.41. The number of nitrogens with one attached hydrogen (secondary N) is 1. The number of thiocarbonyl (C=S) groups is 1. The predicted octanol–water partition coefficient (Wildman–Crippen LogP) is 2.98. The Morgan fingerprint density at radius 3 is 1.73 bits per heavy atom. The number of rotatable bonds is 3. The summed E-state index contributed by atoms with van der Waals surface area (Å²) < 4.78 is 0.361. The minimum Gasteiger partial charge on any atom is -0.409 e. The summed E-state index contributed by atoms with van der Waals surface area (Å²) >= 11 is 10.2. The molecule has 0 aliphatic rings. The van der Waals surface area contributed by atoms with Gasteiger partial charge >= 0.3 is 0 Å². The normalized spacial score (nSPS) is 7.82. The van der Waals surface area contributed by atoms with E-state index in [0.717, 1.165) is 11.4 Å². The van der Waals surface area contributed by atoms with Crippen molar-refractivity contribution in [1.29, 1.82) is 0 Å². The van der Waals surface area contributed by atoms with Crippen LogP contribution < -0.4 is 10.4 Å². The first-order chi connectivity index (χ1) is 10.3. The van der Waals surface area contributed by atoms with Crippen LogP contribution in [-0.2, 0) is 41.7 Å². The van der Waals surface area contributed by atoms with Crippen molar-refractivity contribution in [3.05, 3.63) is 60.7 Å². The van der Waals surface area contributed by atoms with E-state index in [1.165, 1.54) is 0 Å². The maximum absolute atomic E-state index is 8.00. The van der Waals surface area contributed by atoms with Crippen molar-refractivity contribution in [1.82, 2.24) is 0 Å². The molecule has 1 radical (unpaired) electrons. The number of carbonyl (C=O) groups is 2. The maximum atomic E-state index is 8.00. The van der Waals surface area contributed by atoms with Gasteiger partial charge < -0.3 is 34.4 Å². The van der Waals surface area contributed by atoms with Gasteiger partial charge in [-0.25, -0.2) is 0 Å². The van der Waals surface area contributed by atoms with Crippen molar-refractivity contribution in [2.24, 2.45) is 0 Å². The van der Waals surface area contributed by atoms with Crippen LogP contribution in [0.3, 0.4) is 0 Å². The standard InChI is InChI=1S/C13H12N2S2.2CH2O.Rh/c16-13(17)15(12-9-5-2-6-10-12)14-11-7-3-1-4-8-11;2*1-2;/h1-10,14H,(H,16,17);2*1H2;/p-1. The van der Waals surface area contributed by atoms with Crippen molar-refractivity contribution in [2.75, 3.05) is 10.4 Å². The molecule has 1 N–H and O–H groups in total. The molecule has 4 nitrogen and oxygen atoms in total. The minimum absolute atomic E-state index is 0. The number of benzene rings is 2. The summed E-state index contributed by atoms with van der Waals surface area (Å²) in [5.41, 5.74) is 5.06. The summed E-state index contributed by atoms with van der Waals surface area (Å²) in [6, 6.07) is 19.6. The summed E-state index contributed by atoms with van der Waals surface area (Å²) in [4.78, 5) is 16.0. The van der Waals surface area contributed by atoms with E-state index in [1.54, 1.807) is 5.01 Å². The van der Waals surface area contributed by atoms with E-state index in [0.29, 0.717) is 4.32 Å². The van der Waals surface area contributed by atoms with E-state index in [2.05, 4.69) is 5.43 Å². The topological polar surface area (TPSA) is 49.4 Å². The fourth-order valence-corrected chi connectivity index (χ4v) is 1.74. The molecule has 0 saturated heterocycles. The minimum atomic E-state index is 0. The van der Waals surface area contributed by atoms with Crippen LogP contribution >= 0.6 is 12.2 Å². The van der Waals surface area contributed by atoms with Gasteiger partial charge in [-0.3, -0.25) is 10.4 Å². The third-order valence-corrected chi connectivity index (χ3v) is 2.58. The SMILES string of the molecule is C=O.C=O.S=C([S-])N(Nc1ccccc1)c1ccccc1.[Rh]. The Bertz CT molecular complexity index is 528. The van der Waals surface area contributed by atoms with Gasteiger partial charge in [-0.05, 0) is 28.6 Å². The van der Waals surface area contributed by atoms with Crippen LogP contribution in [0.15, 0.2) is 60.7 Å². The first kappa shape index (κ1) is 22.6. The fraction of sp³-hybridized carbons (Fsp3) is 0. The molecule has 0 saturated carbocycles. The molecular formula is C15H15N2O2RhS2-. The average molecular weight is 422 g/mol. The average Bonchev–Trinajstić information content (AvgIpc) is 2.58. The monoisotopic (exact) mass is 422 g/mol. The van der Waals surface area contributed by atoms with Crippen LogP contribution in [0.2, 0.25) is 0 Å². The van der Waals surface area contributed by atoms with Crippen LogP contribution in [-0.4, -0.2) is 17.9 Å². The molecule has 0 unspecified atom stereocenters. The number of carbonyl (C=O) groups excluding carboxylic acids is 2. The third kappa shape index (κ3) is 7.93. The zero-order chi connectivity index (χ0) is 16.1. The van der Waals surface area contributed by atoms with E-state index in [-0.39, 0.29) is 19.5 Å². The van der Waals surface area contributed by atoms with Crippen LogP contribution in [0.4, 0.5) is 11.4 Å². The Hall–Kier alpha value is -1.69. The number of anilines is 2. The van der Waals surface area contributed by atoms with Gasteiger partial charge in [0.1, 0.15) is 13.6 Å². The van der Waals surface area contributed by atoms with Gasteiger partial charge in [0, 0.05) is 19.5 Å². The van der Waals surface area contributed by atoms with Gasteiger partial charge in [0.15, 0.2) is 0 Å². The molecular weight excluding hydrogens is 407 g/mol. The van der Waals surface area contributed by atoms with Crippen molar-refractivity contribution >= 4 is 54.1 Å². The van der Waals surface area contributed by atoms with Gasteiger partial charge in [0.25, 0.3) is 0 Å². The largest absolute Gasteiger partial charge is 0.409 e. The Labute approximate surface area is 154 Å². The van der Waals surface area contributed by atoms with Gasteiger partial charge in [0.05, 0.1) is 11.4 Å².